The van der Waals surface area contributed by atoms with E-state index in [9.17, 15) is 9.90 Å². The maximum absolute atomic E-state index is 9.72. The fourth-order valence-electron chi connectivity index (χ4n) is 0.485. The average molecular weight is 309 g/mol. The molecule has 5 nitrogen and oxygen atoms in total. The van der Waals surface area contributed by atoms with Crippen molar-refractivity contribution in [3.63, 3.8) is 0 Å². The van der Waals surface area contributed by atoms with E-state index in [0.29, 0.717) is 6.42 Å². The molecule has 0 spiro atoms. The molecule has 0 amide bonds. The van der Waals surface area contributed by atoms with Gasteiger partial charge in [-0.1, -0.05) is 13.5 Å². The second-order valence-electron chi connectivity index (χ2n) is 2.25. The Morgan fingerprint density at radius 2 is 1.63 bits per heavy atom. The molecule has 0 heterocycles. The van der Waals surface area contributed by atoms with Gasteiger partial charge in [-0.2, -0.15) is 6.08 Å². The van der Waals surface area contributed by atoms with Crippen LogP contribution in [0.2, 0.25) is 0 Å². The maximum atomic E-state index is 9.72. The van der Waals surface area contributed by atoms with Crippen LogP contribution in [0.25, 0.3) is 0 Å². The molecule has 0 saturated heterocycles. The Labute approximate surface area is 124 Å². The van der Waals surface area contributed by atoms with Crippen LogP contribution < -0.4 is 5.11 Å². The predicted molar refractivity (Wildman–Crippen MR) is 67.4 cm³/mol. The number of carboxylic acid groups (broad SMARTS) is 1. The van der Waals surface area contributed by atoms with Gasteiger partial charge in [-0.05, 0) is 12.0 Å². The molecule has 0 aliphatic heterocycles. The van der Waals surface area contributed by atoms with Gasteiger partial charge < -0.3 is 24.3 Å². The van der Waals surface area contributed by atoms with Crippen LogP contribution in [0.5, 0.6) is 0 Å². The van der Waals surface area contributed by atoms with E-state index in [2.05, 4.69) is 18.7 Å². The summed E-state index contributed by atoms with van der Waals surface area (Å²) in [7, 11) is 0. The molecule has 0 aromatic heterocycles. The predicted octanol–water partition coefficient (Wildman–Crippen LogP) is 0.451. The van der Waals surface area contributed by atoms with Crippen LogP contribution in [0, 0.1) is 6.08 Å². The van der Waals surface area contributed by atoms with Gasteiger partial charge in [0.25, 0.3) is 0 Å². The van der Waals surface area contributed by atoms with E-state index < -0.39 is 5.97 Å². The van der Waals surface area contributed by atoms with E-state index in [0.717, 1.165) is 6.42 Å². The van der Waals surface area contributed by atoms with Gasteiger partial charge in [-0.15, -0.1) is 6.42 Å². The quantitative estimate of drug-likeness (QED) is 0.419. The summed E-state index contributed by atoms with van der Waals surface area (Å²) >= 11 is 0. The number of carbonyl (C=O) groups is 4. The minimum atomic E-state index is -1.15. The number of carboxylic acids is 1. The fourth-order valence-corrected chi connectivity index (χ4v) is 0.485. The zero-order valence-electron chi connectivity index (χ0n) is 10.9. The van der Waals surface area contributed by atoms with Crippen molar-refractivity contribution in [2.75, 3.05) is 0 Å². The van der Waals surface area contributed by atoms with E-state index in [1.165, 1.54) is 0 Å². The number of allylic oxidation sites excluding steroid dienone is 4. The largest absolute Gasteiger partial charge is 2.00 e. The SMILES string of the molecule is C=C(CC)C(=O)[O-].C=O.C=O.C=O.[C-]1=CC=CC1.[Mn+2]. The maximum Gasteiger partial charge on any atom is 2.00 e. The Morgan fingerprint density at radius 3 is 1.68 bits per heavy atom. The van der Waals surface area contributed by atoms with Crippen LogP contribution in [0.3, 0.4) is 0 Å². The number of hydrogen-bond donors (Lipinski definition) is 0. The molecule has 0 bridgehead atoms. The molecule has 107 valence electrons. The third-order valence-electron chi connectivity index (χ3n) is 1.30. The van der Waals surface area contributed by atoms with E-state index in [4.69, 9.17) is 14.4 Å². The van der Waals surface area contributed by atoms with Crippen LogP contribution >= 0.6 is 0 Å². The van der Waals surface area contributed by atoms with Gasteiger partial charge in [0.05, 0.1) is 5.97 Å². The summed E-state index contributed by atoms with van der Waals surface area (Å²) in [5.41, 5.74) is 0.153. The Balaban J connectivity index is -0.0000000482. The molecule has 19 heavy (non-hydrogen) atoms. The summed E-state index contributed by atoms with van der Waals surface area (Å²) in [5.74, 6) is -1.15. The van der Waals surface area contributed by atoms with Crippen molar-refractivity contribution in [2.45, 2.75) is 19.8 Å². The van der Waals surface area contributed by atoms with Crippen molar-refractivity contribution >= 4 is 26.3 Å². The van der Waals surface area contributed by atoms with Crippen molar-refractivity contribution in [3.8, 4) is 0 Å². The van der Waals surface area contributed by atoms with Crippen molar-refractivity contribution in [2.24, 2.45) is 0 Å². The standard InChI is InChI=1S/C5H8O2.C5H5.3CH2O.Mn/c1-3-4(2)5(6)7;1-2-4-5-3-1;3*1-2;/h2-3H2,1H3,(H,6,7);1-3H,4H2;3*1H2;/q;-1;;;;+2/p-1. The second-order valence-corrected chi connectivity index (χ2v) is 2.25. The second kappa shape index (κ2) is 36.0. The van der Waals surface area contributed by atoms with E-state index >= 15 is 0 Å². The zero-order valence-corrected chi connectivity index (χ0v) is 12.1. The van der Waals surface area contributed by atoms with Crippen molar-refractivity contribution in [1.82, 2.24) is 0 Å². The molecule has 0 fully saturated rings. The Hall–Kier alpha value is -1.78. The molecular formula is C13H18MnO5. The van der Waals surface area contributed by atoms with Gasteiger partial charge >= 0.3 is 17.1 Å². The first-order valence-corrected chi connectivity index (χ1v) is 4.66. The van der Waals surface area contributed by atoms with Crippen LogP contribution in [0.4, 0.5) is 0 Å². The summed E-state index contributed by atoms with van der Waals surface area (Å²) in [5, 5.41) is 9.72. The summed E-state index contributed by atoms with van der Waals surface area (Å²) in [6, 6.07) is 0. The first-order chi connectivity index (χ1) is 8.68. The first kappa shape index (κ1) is 30.3. The van der Waals surface area contributed by atoms with Crippen LogP contribution in [0.15, 0.2) is 30.4 Å². The van der Waals surface area contributed by atoms with E-state index in [1.807, 2.05) is 32.5 Å². The molecule has 1 radical (unpaired) electrons. The summed E-state index contributed by atoms with van der Waals surface area (Å²) in [6.07, 6.45) is 10.5. The fraction of sp³-hybridized carbons (Fsp3) is 0.231. The first-order valence-electron chi connectivity index (χ1n) is 4.66. The molecule has 0 saturated carbocycles. The molecule has 0 unspecified atom stereocenters. The molecule has 1 aliphatic rings. The van der Waals surface area contributed by atoms with Gasteiger partial charge in [-0.3, -0.25) is 6.08 Å². The third kappa shape index (κ3) is 38.6. The topological polar surface area (TPSA) is 91.3 Å². The molecule has 1 rings (SSSR count). The molecule has 0 N–H and O–H groups in total. The average Bonchev–Trinajstić information content (AvgIpc) is 3.03. The van der Waals surface area contributed by atoms with Gasteiger partial charge in [0.2, 0.25) is 0 Å². The minimum absolute atomic E-state index is 0. The van der Waals surface area contributed by atoms with Crippen LogP contribution in [-0.4, -0.2) is 26.3 Å². The minimum Gasteiger partial charge on any atom is -0.545 e. The van der Waals surface area contributed by atoms with E-state index in [1.54, 1.807) is 6.92 Å². The number of carbonyl (C=O) groups excluding carboxylic acids is 4. The number of aliphatic carboxylic acids is 1. The van der Waals surface area contributed by atoms with Crippen molar-refractivity contribution in [3.05, 3.63) is 36.5 Å². The molecule has 6 heteroatoms. The van der Waals surface area contributed by atoms with Gasteiger partial charge in [0.15, 0.2) is 0 Å². The van der Waals surface area contributed by atoms with Gasteiger partial charge in [0, 0.05) is 0 Å². The van der Waals surface area contributed by atoms with Gasteiger partial charge in [0.1, 0.15) is 20.4 Å². The summed E-state index contributed by atoms with van der Waals surface area (Å²) in [4.78, 5) is 33.7. The molecule has 1 aliphatic carbocycles. The zero-order chi connectivity index (χ0) is 15.4. The Bertz CT molecular complexity index is 247. The molecule has 0 aromatic rings. The Kier molecular flexibility index (Phi) is 57.4. The van der Waals surface area contributed by atoms with E-state index in [-0.39, 0.29) is 22.6 Å². The summed E-state index contributed by atoms with van der Waals surface area (Å²) in [6.45, 7) is 10.9. The third-order valence-corrected chi connectivity index (χ3v) is 1.30. The molecular weight excluding hydrogens is 291 g/mol. The summed E-state index contributed by atoms with van der Waals surface area (Å²) < 4.78 is 0. The van der Waals surface area contributed by atoms with Crippen LogP contribution in [-0.2, 0) is 36.2 Å². The van der Waals surface area contributed by atoms with Gasteiger partial charge in [-0.25, -0.2) is 12.2 Å². The number of rotatable bonds is 2. The number of hydrogen-bond acceptors (Lipinski definition) is 5. The molecule has 0 atom stereocenters. The Morgan fingerprint density at radius 1 is 1.21 bits per heavy atom. The smallest absolute Gasteiger partial charge is 0.545 e. The van der Waals surface area contributed by atoms with Crippen LogP contribution in [0.1, 0.15) is 19.8 Å². The van der Waals surface area contributed by atoms with Crippen molar-refractivity contribution in [1.29, 1.82) is 0 Å². The van der Waals surface area contributed by atoms with Crippen molar-refractivity contribution < 1.29 is 41.4 Å². The normalized spacial score (nSPS) is 8.26. The molecule has 0 aromatic carbocycles. The monoisotopic (exact) mass is 309 g/mol.